The van der Waals surface area contributed by atoms with Crippen LogP contribution in [0.15, 0.2) is 54.6 Å². The van der Waals surface area contributed by atoms with E-state index in [1.807, 2.05) is 6.07 Å². The van der Waals surface area contributed by atoms with Gasteiger partial charge in [0.25, 0.3) is 5.91 Å². The summed E-state index contributed by atoms with van der Waals surface area (Å²) in [7, 11) is 0. The number of benzene rings is 2. The Labute approximate surface area is 184 Å². The molecule has 32 heavy (non-hydrogen) atoms. The fourth-order valence-electron chi connectivity index (χ4n) is 3.11. The number of nitrogen functional groups attached to an aromatic ring is 1. The van der Waals surface area contributed by atoms with Crippen LogP contribution >= 0.6 is 0 Å². The average Bonchev–Trinajstić information content (AvgIpc) is 3.12. The topological polar surface area (TPSA) is 126 Å². The number of nitrogens with one attached hydrogen (secondary N) is 2. The molecule has 1 heterocycles. The number of anilines is 1. The van der Waals surface area contributed by atoms with E-state index in [4.69, 9.17) is 5.73 Å². The molecule has 164 valence electrons. The van der Waals surface area contributed by atoms with Crippen molar-refractivity contribution in [1.82, 2.24) is 20.4 Å². The van der Waals surface area contributed by atoms with Gasteiger partial charge in [-0.3, -0.25) is 9.59 Å². The SMILES string of the molecule is N#Cc1c(CCCNC(=O)CCNC(=O)c2ccccc2)nn(-c2ccc(F)cc2)c1N. The number of nitrogens with zero attached hydrogens (tertiary/aromatic N) is 3. The summed E-state index contributed by atoms with van der Waals surface area (Å²) >= 11 is 0. The molecular formula is C23H23FN6O2. The Morgan fingerprint density at radius 2 is 1.78 bits per heavy atom. The van der Waals surface area contributed by atoms with Crippen LogP contribution in [0.25, 0.3) is 5.69 Å². The molecule has 0 aliphatic carbocycles. The summed E-state index contributed by atoms with van der Waals surface area (Å²) in [5.41, 5.74) is 7.91. The number of carbonyl (C=O) groups is 2. The summed E-state index contributed by atoms with van der Waals surface area (Å²) in [5.74, 6) is -0.602. The summed E-state index contributed by atoms with van der Waals surface area (Å²) in [6.45, 7) is 0.621. The molecule has 0 saturated carbocycles. The third-order valence-corrected chi connectivity index (χ3v) is 4.76. The van der Waals surface area contributed by atoms with Gasteiger partial charge in [0.15, 0.2) is 0 Å². The zero-order valence-electron chi connectivity index (χ0n) is 17.3. The van der Waals surface area contributed by atoms with Gasteiger partial charge in [0.05, 0.1) is 11.4 Å². The third kappa shape index (κ3) is 5.70. The van der Waals surface area contributed by atoms with Gasteiger partial charge in [-0.25, -0.2) is 9.07 Å². The van der Waals surface area contributed by atoms with Crippen molar-refractivity contribution in [2.75, 3.05) is 18.8 Å². The van der Waals surface area contributed by atoms with Gasteiger partial charge in [0, 0.05) is 25.1 Å². The van der Waals surface area contributed by atoms with E-state index in [1.54, 1.807) is 24.3 Å². The lowest BCUT2D eigenvalue weighted by Gasteiger charge is -2.06. The molecule has 2 amide bonds. The zero-order chi connectivity index (χ0) is 22.9. The van der Waals surface area contributed by atoms with Crippen molar-refractivity contribution in [3.8, 4) is 11.8 Å². The predicted molar refractivity (Wildman–Crippen MR) is 117 cm³/mol. The highest BCUT2D eigenvalue weighted by atomic mass is 19.1. The minimum atomic E-state index is -0.379. The smallest absolute Gasteiger partial charge is 0.251 e. The van der Waals surface area contributed by atoms with Crippen molar-refractivity contribution in [1.29, 1.82) is 5.26 Å². The van der Waals surface area contributed by atoms with Crippen LogP contribution in [0.5, 0.6) is 0 Å². The fourth-order valence-corrected chi connectivity index (χ4v) is 3.11. The molecule has 0 unspecified atom stereocenters. The van der Waals surface area contributed by atoms with Crippen LogP contribution in [0.2, 0.25) is 0 Å². The minimum absolute atomic E-state index is 0.161. The minimum Gasteiger partial charge on any atom is -0.382 e. The maximum Gasteiger partial charge on any atom is 0.251 e. The fraction of sp³-hybridized carbons (Fsp3) is 0.217. The first-order valence-electron chi connectivity index (χ1n) is 10.1. The van der Waals surface area contributed by atoms with Gasteiger partial charge in [0.2, 0.25) is 5.91 Å². The number of hydrogen-bond acceptors (Lipinski definition) is 5. The van der Waals surface area contributed by atoms with E-state index in [0.717, 1.165) is 0 Å². The third-order valence-electron chi connectivity index (χ3n) is 4.76. The predicted octanol–water partition coefficient (Wildman–Crippen LogP) is 2.33. The van der Waals surface area contributed by atoms with Crippen LogP contribution in [0, 0.1) is 17.1 Å². The summed E-state index contributed by atoms with van der Waals surface area (Å²) in [4.78, 5) is 23.9. The van der Waals surface area contributed by atoms with Gasteiger partial charge in [-0.2, -0.15) is 10.4 Å². The Hall–Kier alpha value is -4.19. The van der Waals surface area contributed by atoms with Crippen molar-refractivity contribution in [2.45, 2.75) is 19.3 Å². The van der Waals surface area contributed by atoms with E-state index in [0.29, 0.717) is 36.3 Å². The molecule has 3 aromatic rings. The number of aromatic nitrogens is 2. The molecule has 2 aromatic carbocycles. The molecule has 4 N–H and O–H groups in total. The second kappa shape index (κ2) is 10.7. The number of carbonyl (C=O) groups excluding carboxylic acids is 2. The molecule has 0 aliphatic rings. The van der Waals surface area contributed by atoms with Crippen molar-refractivity contribution in [3.63, 3.8) is 0 Å². The van der Waals surface area contributed by atoms with Gasteiger partial charge in [-0.15, -0.1) is 0 Å². The number of amides is 2. The molecular weight excluding hydrogens is 411 g/mol. The number of hydrogen-bond donors (Lipinski definition) is 3. The largest absolute Gasteiger partial charge is 0.382 e. The standard InChI is InChI=1S/C23H23FN6O2/c24-17-8-10-18(11-9-17)30-22(26)19(15-25)20(29-30)7-4-13-27-21(31)12-14-28-23(32)16-5-2-1-3-6-16/h1-3,5-6,8-11H,4,7,12-14,26H2,(H,27,31)(H,28,32). The van der Waals surface area contributed by atoms with E-state index in [9.17, 15) is 19.2 Å². The van der Waals surface area contributed by atoms with Gasteiger partial charge in [-0.1, -0.05) is 18.2 Å². The summed E-state index contributed by atoms with van der Waals surface area (Å²) in [5, 5.41) is 19.3. The van der Waals surface area contributed by atoms with Crippen LogP contribution in [-0.2, 0) is 11.2 Å². The lowest BCUT2D eigenvalue weighted by molar-refractivity contribution is -0.120. The quantitative estimate of drug-likeness (QED) is 0.446. The monoisotopic (exact) mass is 434 g/mol. The number of nitrogens with two attached hydrogens (primary N) is 1. The van der Waals surface area contributed by atoms with Gasteiger partial charge >= 0.3 is 0 Å². The first kappa shape index (κ1) is 22.5. The molecule has 3 rings (SSSR count). The molecule has 0 radical (unpaired) electrons. The van der Waals surface area contributed by atoms with Gasteiger partial charge < -0.3 is 16.4 Å². The molecule has 0 fully saturated rings. The molecule has 0 spiro atoms. The van der Waals surface area contributed by atoms with E-state index < -0.39 is 0 Å². The first-order chi connectivity index (χ1) is 15.5. The van der Waals surface area contributed by atoms with E-state index in [-0.39, 0.29) is 42.0 Å². The molecule has 0 saturated heterocycles. The highest BCUT2D eigenvalue weighted by Crippen LogP contribution is 2.21. The molecule has 1 aromatic heterocycles. The Kier molecular flexibility index (Phi) is 7.54. The maximum absolute atomic E-state index is 13.2. The van der Waals surface area contributed by atoms with E-state index in [2.05, 4.69) is 21.8 Å². The van der Waals surface area contributed by atoms with Crippen LogP contribution in [0.1, 0.15) is 34.5 Å². The van der Waals surface area contributed by atoms with Crippen LogP contribution < -0.4 is 16.4 Å². The van der Waals surface area contributed by atoms with Crippen molar-refractivity contribution in [2.24, 2.45) is 0 Å². The summed E-state index contributed by atoms with van der Waals surface area (Å²) in [6.07, 6.45) is 1.15. The zero-order valence-corrected chi connectivity index (χ0v) is 17.3. The number of nitriles is 1. The van der Waals surface area contributed by atoms with Crippen molar-refractivity contribution < 1.29 is 14.0 Å². The lowest BCUT2D eigenvalue weighted by atomic mass is 10.1. The molecule has 9 heteroatoms. The highest BCUT2D eigenvalue weighted by Gasteiger charge is 2.16. The van der Waals surface area contributed by atoms with E-state index in [1.165, 1.54) is 28.9 Å². The Morgan fingerprint density at radius 1 is 1.06 bits per heavy atom. The number of halogens is 1. The lowest BCUT2D eigenvalue weighted by Crippen LogP contribution is -2.31. The molecule has 0 bridgehead atoms. The normalized spacial score (nSPS) is 10.4. The maximum atomic E-state index is 13.2. The van der Waals surface area contributed by atoms with E-state index >= 15 is 0 Å². The Bertz CT molecular complexity index is 1120. The van der Waals surface area contributed by atoms with Crippen LogP contribution in [-0.4, -0.2) is 34.7 Å². The second-order valence-electron chi connectivity index (χ2n) is 7.03. The summed E-state index contributed by atoms with van der Waals surface area (Å²) in [6, 6.07) is 16.5. The van der Waals surface area contributed by atoms with Crippen LogP contribution in [0.3, 0.4) is 0 Å². The Balaban J connectivity index is 1.44. The Morgan fingerprint density at radius 3 is 2.47 bits per heavy atom. The highest BCUT2D eigenvalue weighted by molar-refractivity contribution is 5.94. The second-order valence-corrected chi connectivity index (χ2v) is 7.03. The summed E-state index contributed by atoms with van der Waals surface area (Å²) < 4.78 is 14.6. The van der Waals surface area contributed by atoms with Gasteiger partial charge in [0.1, 0.15) is 23.3 Å². The molecule has 8 nitrogen and oxygen atoms in total. The first-order valence-corrected chi connectivity index (χ1v) is 10.1. The molecule has 0 atom stereocenters. The molecule has 0 aliphatic heterocycles. The van der Waals surface area contributed by atoms with Crippen molar-refractivity contribution in [3.05, 3.63) is 77.2 Å². The number of aryl methyl sites for hydroxylation is 1. The van der Waals surface area contributed by atoms with Crippen LogP contribution in [0.4, 0.5) is 10.2 Å². The van der Waals surface area contributed by atoms with Crippen molar-refractivity contribution >= 4 is 17.6 Å². The average molecular weight is 434 g/mol. The number of rotatable bonds is 9. The van der Waals surface area contributed by atoms with Gasteiger partial charge in [-0.05, 0) is 49.2 Å².